The van der Waals surface area contributed by atoms with Crippen LogP contribution in [0.5, 0.6) is 0 Å². The van der Waals surface area contributed by atoms with E-state index in [0.717, 1.165) is 16.6 Å². The SMILES string of the molecule is c1ccc(-c2ccc(-c3ccc4oc5ccc6ccccc6c5c4c3)c3ccccc23)cc1. The fourth-order valence-electron chi connectivity index (χ4n) is 5.13. The van der Waals surface area contributed by atoms with Crippen molar-refractivity contribution in [3.63, 3.8) is 0 Å². The molecule has 0 saturated carbocycles. The Morgan fingerprint density at radius 1 is 0.394 bits per heavy atom. The minimum atomic E-state index is 0.926. The van der Waals surface area contributed by atoms with Crippen LogP contribution in [0.15, 0.2) is 126 Å². The lowest BCUT2D eigenvalue weighted by Crippen LogP contribution is -1.86. The highest BCUT2D eigenvalue weighted by Crippen LogP contribution is 2.39. The van der Waals surface area contributed by atoms with E-state index in [4.69, 9.17) is 4.42 Å². The van der Waals surface area contributed by atoms with Gasteiger partial charge in [0.2, 0.25) is 0 Å². The first kappa shape index (κ1) is 18.2. The minimum Gasteiger partial charge on any atom is -0.456 e. The largest absolute Gasteiger partial charge is 0.456 e. The lowest BCUT2D eigenvalue weighted by Gasteiger charge is -2.12. The maximum atomic E-state index is 6.22. The molecule has 6 aromatic carbocycles. The van der Waals surface area contributed by atoms with Crippen molar-refractivity contribution in [2.24, 2.45) is 0 Å². The van der Waals surface area contributed by atoms with E-state index in [9.17, 15) is 0 Å². The number of hydrogen-bond acceptors (Lipinski definition) is 1. The fraction of sp³-hybridized carbons (Fsp3) is 0. The quantitative estimate of drug-likeness (QED) is 0.272. The predicted molar refractivity (Wildman–Crippen MR) is 140 cm³/mol. The number of rotatable bonds is 2. The van der Waals surface area contributed by atoms with Crippen LogP contribution in [0.4, 0.5) is 0 Å². The lowest BCUT2D eigenvalue weighted by atomic mass is 9.91. The second-order valence-electron chi connectivity index (χ2n) is 8.55. The highest BCUT2D eigenvalue weighted by molar-refractivity contribution is 6.19. The van der Waals surface area contributed by atoms with Crippen molar-refractivity contribution in [2.75, 3.05) is 0 Å². The average molecular weight is 421 g/mol. The van der Waals surface area contributed by atoms with Gasteiger partial charge in [0, 0.05) is 10.8 Å². The summed E-state index contributed by atoms with van der Waals surface area (Å²) in [7, 11) is 0. The van der Waals surface area contributed by atoms with Gasteiger partial charge in [-0.3, -0.25) is 0 Å². The van der Waals surface area contributed by atoms with Gasteiger partial charge in [0.25, 0.3) is 0 Å². The molecule has 0 aliphatic carbocycles. The van der Waals surface area contributed by atoms with E-state index < -0.39 is 0 Å². The van der Waals surface area contributed by atoms with Gasteiger partial charge in [0.05, 0.1) is 0 Å². The molecule has 1 heterocycles. The third kappa shape index (κ3) is 2.79. The van der Waals surface area contributed by atoms with Crippen LogP contribution in [0.2, 0.25) is 0 Å². The maximum Gasteiger partial charge on any atom is 0.136 e. The topological polar surface area (TPSA) is 13.1 Å². The van der Waals surface area contributed by atoms with E-state index in [1.165, 1.54) is 49.2 Å². The average Bonchev–Trinajstić information content (AvgIpc) is 3.27. The zero-order valence-corrected chi connectivity index (χ0v) is 18.0. The van der Waals surface area contributed by atoms with E-state index >= 15 is 0 Å². The molecule has 0 bridgehead atoms. The van der Waals surface area contributed by atoms with Crippen molar-refractivity contribution in [1.82, 2.24) is 0 Å². The molecule has 0 radical (unpaired) electrons. The summed E-state index contributed by atoms with van der Waals surface area (Å²) in [6.07, 6.45) is 0. The van der Waals surface area contributed by atoms with Crippen molar-refractivity contribution >= 4 is 43.5 Å². The Kier molecular flexibility index (Phi) is 3.91. The number of furan rings is 1. The molecule has 0 aliphatic rings. The van der Waals surface area contributed by atoms with Crippen molar-refractivity contribution < 1.29 is 4.42 Å². The summed E-state index contributed by atoms with van der Waals surface area (Å²) in [5, 5.41) is 7.34. The molecule has 0 saturated heterocycles. The molecule has 0 aliphatic heterocycles. The van der Waals surface area contributed by atoms with Crippen molar-refractivity contribution in [1.29, 1.82) is 0 Å². The number of hydrogen-bond donors (Lipinski definition) is 0. The van der Waals surface area contributed by atoms with Crippen LogP contribution in [-0.4, -0.2) is 0 Å². The third-order valence-electron chi connectivity index (χ3n) is 6.68. The molecule has 0 unspecified atom stereocenters. The van der Waals surface area contributed by atoms with Crippen LogP contribution in [0.1, 0.15) is 0 Å². The second-order valence-corrected chi connectivity index (χ2v) is 8.55. The zero-order valence-electron chi connectivity index (χ0n) is 18.0. The molecular weight excluding hydrogens is 400 g/mol. The van der Waals surface area contributed by atoms with Gasteiger partial charge in [-0.2, -0.15) is 0 Å². The second kappa shape index (κ2) is 7.08. The summed E-state index contributed by atoms with van der Waals surface area (Å²) < 4.78 is 6.22. The molecule has 0 spiro atoms. The Balaban J connectivity index is 1.51. The number of benzene rings is 6. The summed E-state index contributed by atoms with van der Waals surface area (Å²) in [5.74, 6) is 0. The van der Waals surface area contributed by atoms with Gasteiger partial charge in [0.1, 0.15) is 11.2 Å². The first-order valence-electron chi connectivity index (χ1n) is 11.3. The highest BCUT2D eigenvalue weighted by atomic mass is 16.3. The Bertz CT molecular complexity index is 1810. The summed E-state index contributed by atoms with van der Waals surface area (Å²) in [6.45, 7) is 0. The summed E-state index contributed by atoms with van der Waals surface area (Å²) >= 11 is 0. The molecule has 33 heavy (non-hydrogen) atoms. The zero-order chi connectivity index (χ0) is 21.8. The fourth-order valence-corrected chi connectivity index (χ4v) is 5.13. The van der Waals surface area contributed by atoms with Gasteiger partial charge >= 0.3 is 0 Å². The van der Waals surface area contributed by atoms with Gasteiger partial charge in [-0.25, -0.2) is 0 Å². The molecule has 0 fully saturated rings. The molecule has 1 aromatic heterocycles. The first-order chi connectivity index (χ1) is 16.4. The van der Waals surface area contributed by atoms with E-state index in [-0.39, 0.29) is 0 Å². The summed E-state index contributed by atoms with van der Waals surface area (Å²) in [4.78, 5) is 0. The van der Waals surface area contributed by atoms with Gasteiger partial charge in [-0.05, 0) is 62.0 Å². The maximum absolute atomic E-state index is 6.22. The first-order valence-corrected chi connectivity index (χ1v) is 11.3. The molecule has 0 N–H and O–H groups in total. The monoisotopic (exact) mass is 420 g/mol. The Labute approximate surface area is 191 Å². The van der Waals surface area contributed by atoms with Gasteiger partial charge in [-0.1, -0.05) is 103 Å². The highest BCUT2D eigenvalue weighted by Gasteiger charge is 2.14. The van der Waals surface area contributed by atoms with Crippen LogP contribution in [0.25, 0.3) is 65.7 Å². The molecular formula is C32H20O. The van der Waals surface area contributed by atoms with Crippen molar-refractivity contribution in [2.45, 2.75) is 0 Å². The van der Waals surface area contributed by atoms with Crippen molar-refractivity contribution in [3.8, 4) is 22.3 Å². The summed E-state index contributed by atoms with van der Waals surface area (Å²) in [6, 6.07) is 43.1. The van der Waals surface area contributed by atoms with Crippen LogP contribution >= 0.6 is 0 Å². The molecule has 7 aromatic rings. The van der Waals surface area contributed by atoms with E-state index in [1.807, 2.05) is 0 Å². The molecule has 1 nitrogen and oxygen atoms in total. The van der Waals surface area contributed by atoms with E-state index in [1.54, 1.807) is 0 Å². The molecule has 1 heteroatoms. The van der Waals surface area contributed by atoms with Crippen LogP contribution < -0.4 is 0 Å². The molecule has 154 valence electrons. The van der Waals surface area contributed by atoms with Gasteiger partial charge in [0.15, 0.2) is 0 Å². The third-order valence-corrected chi connectivity index (χ3v) is 6.68. The standard InChI is InChI=1S/C32H20O/c1-2-8-21(9-3-1)24-16-17-25(28-13-7-6-12-27(24)28)23-15-18-30-29(20-23)32-26-11-5-4-10-22(26)14-19-31(32)33-30/h1-20H. The van der Waals surface area contributed by atoms with Gasteiger partial charge in [-0.15, -0.1) is 0 Å². The molecule has 0 atom stereocenters. The van der Waals surface area contributed by atoms with Crippen LogP contribution in [-0.2, 0) is 0 Å². The van der Waals surface area contributed by atoms with Crippen LogP contribution in [0.3, 0.4) is 0 Å². The Hall–Kier alpha value is -4.36. The predicted octanol–water partition coefficient (Wildman–Crippen LogP) is 9.23. The molecule has 0 amide bonds. The van der Waals surface area contributed by atoms with Crippen molar-refractivity contribution in [3.05, 3.63) is 121 Å². The normalized spacial score (nSPS) is 11.6. The van der Waals surface area contributed by atoms with Crippen LogP contribution in [0, 0.1) is 0 Å². The summed E-state index contributed by atoms with van der Waals surface area (Å²) in [5.41, 5.74) is 6.80. The van der Waals surface area contributed by atoms with Gasteiger partial charge < -0.3 is 4.42 Å². The minimum absolute atomic E-state index is 0.926. The lowest BCUT2D eigenvalue weighted by molar-refractivity contribution is 0.669. The van der Waals surface area contributed by atoms with E-state index in [0.29, 0.717) is 0 Å². The Morgan fingerprint density at radius 3 is 1.82 bits per heavy atom. The number of fused-ring (bicyclic) bond motifs is 6. The van der Waals surface area contributed by atoms with E-state index in [2.05, 4.69) is 121 Å². The smallest absolute Gasteiger partial charge is 0.136 e. The Morgan fingerprint density at radius 2 is 1.03 bits per heavy atom. The molecule has 7 rings (SSSR count).